The van der Waals surface area contributed by atoms with E-state index in [1.807, 2.05) is 0 Å². The number of ether oxygens (including phenoxy) is 3. The highest BCUT2D eigenvalue weighted by molar-refractivity contribution is 6.04. The maximum absolute atomic E-state index is 13.6. The monoisotopic (exact) mass is 1150 g/mol. The lowest BCUT2D eigenvalue weighted by molar-refractivity contribution is -0.184. The fraction of sp³-hybridized carbons (Fsp3) is 0.382. The third-order valence-electron chi connectivity index (χ3n) is 14.8. The molecule has 0 spiro atoms. The second-order valence-corrected chi connectivity index (χ2v) is 24.7. The summed E-state index contributed by atoms with van der Waals surface area (Å²) in [5, 5.41) is 76.9. The van der Waals surface area contributed by atoms with Crippen LogP contribution in [0.25, 0.3) is 0 Å². The van der Waals surface area contributed by atoms with Gasteiger partial charge in [0.25, 0.3) is 0 Å². The average Bonchev–Trinajstić information content (AvgIpc) is 3.28. The molecule has 84 heavy (non-hydrogen) atoms. The summed E-state index contributed by atoms with van der Waals surface area (Å²) in [6.07, 6.45) is -2.20. The van der Waals surface area contributed by atoms with Gasteiger partial charge in [-0.05, 0) is 116 Å². The summed E-state index contributed by atoms with van der Waals surface area (Å²) >= 11 is 0. The quantitative estimate of drug-likeness (QED) is 0.0237. The van der Waals surface area contributed by atoms with Crippen molar-refractivity contribution < 1.29 is 78.7 Å². The molecule has 0 heterocycles. The van der Waals surface area contributed by atoms with Gasteiger partial charge in [0.05, 0.1) is 25.2 Å². The van der Waals surface area contributed by atoms with Crippen molar-refractivity contribution in [2.75, 3.05) is 26.9 Å². The summed E-state index contributed by atoms with van der Waals surface area (Å²) in [6.45, 7) is 14.5. The van der Waals surface area contributed by atoms with Crippen LogP contribution in [0.5, 0.6) is 0 Å². The van der Waals surface area contributed by atoms with Crippen LogP contribution >= 0.6 is 0 Å². The van der Waals surface area contributed by atoms with Crippen LogP contribution in [0.3, 0.4) is 0 Å². The maximum Gasteiger partial charge on any atom is 0.193 e. The average molecular weight is 1150 g/mol. The molecule has 0 radical (unpaired) electrons. The molecule has 446 valence electrons. The molecule has 0 aliphatic carbocycles. The third kappa shape index (κ3) is 14.5. The Labute approximate surface area is 490 Å². The van der Waals surface area contributed by atoms with Crippen molar-refractivity contribution in [2.45, 2.75) is 135 Å². The van der Waals surface area contributed by atoms with Gasteiger partial charge in [0, 0.05) is 40.5 Å². The Bertz CT molecular complexity index is 2960. The van der Waals surface area contributed by atoms with Gasteiger partial charge in [-0.3, -0.25) is 28.8 Å². The molecule has 0 amide bonds. The van der Waals surface area contributed by atoms with E-state index in [0.29, 0.717) is 33.4 Å². The Morgan fingerprint density at radius 3 is 0.667 bits per heavy atom. The Morgan fingerprint density at radius 2 is 0.512 bits per heavy atom. The van der Waals surface area contributed by atoms with Crippen LogP contribution in [-0.4, -0.2) is 131 Å². The molecule has 16 heteroatoms. The highest BCUT2D eigenvalue weighted by Gasteiger charge is 2.56. The number of carbonyl (C=O) groups is 6. The first kappa shape index (κ1) is 66.1. The normalized spacial score (nSPS) is 13.1. The van der Waals surface area contributed by atoms with Gasteiger partial charge in [0.15, 0.2) is 34.7 Å². The maximum atomic E-state index is 13.6. The molecular formula is C68H78O16. The predicted octanol–water partition coefficient (Wildman–Crippen LogP) is 8.89. The molecule has 6 aromatic rings. The molecule has 0 saturated heterocycles. The lowest BCUT2D eigenvalue weighted by atomic mass is 9.65. The summed E-state index contributed by atoms with van der Waals surface area (Å²) in [5.74, 6) is -3.43. The predicted molar refractivity (Wildman–Crippen MR) is 315 cm³/mol. The van der Waals surface area contributed by atoms with Crippen molar-refractivity contribution in [2.24, 2.45) is 5.41 Å². The fourth-order valence-electron chi connectivity index (χ4n) is 10.0. The highest BCUT2D eigenvalue weighted by Crippen LogP contribution is 2.51. The molecule has 0 fully saturated rings. The first-order chi connectivity index (χ1) is 38.8. The number of aliphatic hydroxyl groups is 7. The van der Waals surface area contributed by atoms with Crippen molar-refractivity contribution in [1.82, 2.24) is 0 Å². The molecule has 0 unspecified atom stereocenters. The van der Waals surface area contributed by atoms with E-state index in [4.69, 9.17) is 14.2 Å². The molecule has 6 aromatic carbocycles. The molecule has 0 atom stereocenters. The van der Waals surface area contributed by atoms with Gasteiger partial charge in [-0.2, -0.15) is 0 Å². The zero-order valence-electron chi connectivity index (χ0n) is 49.9. The van der Waals surface area contributed by atoms with Crippen LogP contribution in [0.1, 0.15) is 191 Å². The molecule has 0 aromatic heterocycles. The van der Waals surface area contributed by atoms with Crippen molar-refractivity contribution >= 4 is 34.7 Å². The minimum Gasteiger partial charge on any atom is -0.395 e. The minimum absolute atomic E-state index is 0.126. The van der Waals surface area contributed by atoms with Gasteiger partial charge >= 0.3 is 0 Å². The smallest absolute Gasteiger partial charge is 0.193 e. The molecule has 0 saturated carbocycles. The number of ketones is 6. The number of rotatable bonds is 27. The summed E-state index contributed by atoms with van der Waals surface area (Å²) in [5.41, 5.74) is -10.8. The summed E-state index contributed by atoms with van der Waals surface area (Å²) in [4.78, 5) is 80.5. The largest absolute Gasteiger partial charge is 0.395 e. The summed E-state index contributed by atoms with van der Waals surface area (Å²) < 4.78 is 21.2. The fourth-order valence-corrected chi connectivity index (χ4v) is 10.0. The molecule has 0 aliphatic heterocycles. The molecule has 0 bridgehead atoms. The Morgan fingerprint density at radius 1 is 0.333 bits per heavy atom. The van der Waals surface area contributed by atoms with E-state index in [9.17, 15) is 64.5 Å². The zero-order valence-corrected chi connectivity index (χ0v) is 49.9. The summed E-state index contributed by atoms with van der Waals surface area (Å²) in [6, 6.07) is 37.6. The van der Waals surface area contributed by atoms with Crippen molar-refractivity contribution in [3.8, 4) is 0 Å². The number of aliphatic hydroxyl groups excluding tert-OH is 1. The number of Topliss-reactive ketones (excluding diaryl/α,β-unsaturated/α-hetero) is 6. The highest BCUT2D eigenvalue weighted by atomic mass is 16.5. The van der Waals surface area contributed by atoms with Crippen molar-refractivity contribution in [1.29, 1.82) is 0 Å². The summed E-state index contributed by atoms with van der Waals surface area (Å²) in [7, 11) is 1.39. The van der Waals surface area contributed by atoms with Crippen LogP contribution < -0.4 is 0 Å². The lowest BCUT2D eigenvalue weighted by Crippen LogP contribution is -2.56. The van der Waals surface area contributed by atoms with E-state index in [-0.39, 0.29) is 33.4 Å². The number of benzene rings is 6. The van der Waals surface area contributed by atoms with Crippen LogP contribution in [0, 0.1) is 5.41 Å². The van der Waals surface area contributed by atoms with Gasteiger partial charge in [-0.15, -0.1) is 0 Å². The number of carbonyl (C=O) groups excluding carboxylic acids is 6. The second-order valence-electron chi connectivity index (χ2n) is 24.7. The molecule has 6 rings (SSSR count). The Hall–Kier alpha value is -7.06. The van der Waals surface area contributed by atoms with E-state index in [1.165, 1.54) is 163 Å². The second kappa shape index (κ2) is 24.9. The first-order valence-electron chi connectivity index (χ1n) is 27.4. The molecule has 16 nitrogen and oxygen atoms in total. The number of methoxy groups -OCH3 is 1. The van der Waals surface area contributed by atoms with Gasteiger partial charge in [0.2, 0.25) is 0 Å². The van der Waals surface area contributed by atoms with Gasteiger partial charge < -0.3 is 50.0 Å². The van der Waals surface area contributed by atoms with Crippen LogP contribution in [-0.2, 0) is 19.8 Å². The van der Waals surface area contributed by atoms with Crippen LogP contribution in [0.2, 0.25) is 0 Å². The third-order valence-corrected chi connectivity index (χ3v) is 14.8. The van der Waals surface area contributed by atoms with E-state index < -0.39 is 111 Å². The van der Waals surface area contributed by atoms with Gasteiger partial charge in [0.1, 0.15) is 51.4 Å². The number of hydrogen-bond donors (Lipinski definition) is 7. The standard InChI is InChI=1S/C68H78O16/c1-61(2,76)55(70)45-22-14-41(15-23-45)53(42-16-24-46(25-17-42)56(71)62(3,4)77)83-39-67(38-69,40-84-54(43-18-26-47(27-19-43)57(72)63(5,6)78)44-20-28-48(29-21-44)58(73)64(7,8)79)68(82-13,51-34-30-49(31-35-51)59(74)65(9,10)80)52-36-32-50(33-37-52)60(75)66(11,12)81/h14-37,53-54,69,76-81H,38-40H2,1-13H3. The minimum atomic E-state index is -1.94. The SMILES string of the molecule is COC(c1ccc(C(=O)C(C)(C)O)cc1)(c1ccc(C(=O)C(C)(C)O)cc1)C(CO)(COC(c1ccc(C(=O)C(C)(C)O)cc1)c1ccc(C(=O)C(C)(C)O)cc1)COC(c1ccc(C(=O)C(C)(C)O)cc1)c1ccc(C(=O)C(C)(C)O)cc1. The van der Waals surface area contributed by atoms with Crippen molar-refractivity contribution in [3.05, 3.63) is 212 Å². The molecule has 0 aliphatic rings. The Kier molecular flexibility index (Phi) is 19.6. The van der Waals surface area contributed by atoms with E-state index in [2.05, 4.69) is 0 Å². The van der Waals surface area contributed by atoms with E-state index in [0.717, 1.165) is 0 Å². The first-order valence-corrected chi connectivity index (χ1v) is 27.4. The molecule has 7 N–H and O–H groups in total. The van der Waals surface area contributed by atoms with Crippen LogP contribution in [0.4, 0.5) is 0 Å². The van der Waals surface area contributed by atoms with Crippen molar-refractivity contribution in [3.63, 3.8) is 0 Å². The lowest BCUT2D eigenvalue weighted by Gasteiger charge is -2.50. The van der Waals surface area contributed by atoms with E-state index in [1.54, 1.807) is 72.8 Å². The van der Waals surface area contributed by atoms with E-state index >= 15 is 0 Å². The van der Waals surface area contributed by atoms with Gasteiger partial charge in [-0.1, -0.05) is 146 Å². The number of hydrogen-bond acceptors (Lipinski definition) is 16. The Balaban J connectivity index is 1.66. The van der Waals surface area contributed by atoms with Crippen LogP contribution in [0.15, 0.2) is 146 Å². The topological polar surface area (TPSA) is 272 Å². The zero-order chi connectivity index (χ0) is 62.8. The molecular weight excluding hydrogens is 1070 g/mol. The van der Waals surface area contributed by atoms with Gasteiger partial charge in [-0.25, -0.2) is 0 Å².